The van der Waals surface area contributed by atoms with E-state index in [1.54, 1.807) is 18.1 Å². The van der Waals surface area contributed by atoms with Crippen molar-refractivity contribution in [2.75, 3.05) is 26.8 Å². The van der Waals surface area contributed by atoms with Crippen molar-refractivity contribution >= 4 is 12.0 Å². The van der Waals surface area contributed by atoms with Crippen molar-refractivity contribution in [2.24, 2.45) is 0 Å². The summed E-state index contributed by atoms with van der Waals surface area (Å²) < 4.78 is 7.41. The Morgan fingerprint density at radius 2 is 2.16 bits per heavy atom. The van der Waals surface area contributed by atoms with Crippen LogP contribution in [0, 0.1) is 25.2 Å². The lowest BCUT2D eigenvalue weighted by molar-refractivity contribution is -0.126. The van der Waals surface area contributed by atoms with E-state index in [-0.39, 0.29) is 17.5 Å². The molecule has 1 aromatic heterocycles. The number of hydrogen-bond acceptors (Lipinski definition) is 3. The van der Waals surface area contributed by atoms with Crippen LogP contribution in [0.15, 0.2) is 23.8 Å². The summed E-state index contributed by atoms with van der Waals surface area (Å²) in [6.07, 6.45) is 1.68. The summed E-state index contributed by atoms with van der Waals surface area (Å²) in [5.41, 5.74) is 4.01. The van der Waals surface area contributed by atoms with E-state index in [0.29, 0.717) is 19.7 Å². The van der Waals surface area contributed by atoms with Gasteiger partial charge in [0.1, 0.15) is 11.6 Å². The third-order valence-electron chi connectivity index (χ3n) is 4.15. The van der Waals surface area contributed by atoms with Crippen LogP contribution in [0.25, 0.3) is 6.08 Å². The highest BCUT2D eigenvalue weighted by Gasteiger charge is 2.19. The van der Waals surface area contributed by atoms with E-state index in [4.69, 9.17) is 4.74 Å². The first kappa shape index (κ1) is 20.7. The summed E-state index contributed by atoms with van der Waals surface area (Å²) >= 11 is 0. The number of amides is 1. The molecule has 0 radical (unpaired) electrons. The zero-order chi connectivity index (χ0) is 19.1. The lowest BCUT2D eigenvalue weighted by Gasteiger charge is -2.20. The molecule has 0 aliphatic carbocycles. The maximum Gasteiger partial charge on any atom is 0.264 e. The van der Waals surface area contributed by atoms with Crippen LogP contribution in [-0.2, 0) is 9.53 Å². The van der Waals surface area contributed by atoms with Crippen molar-refractivity contribution in [3.63, 3.8) is 0 Å². The molecule has 0 aromatic carbocycles. The Labute approximate surface area is 151 Å². The topological polar surface area (TPSA) is 58.3 Å². The molecule has 1 heterocycles. The summed E-state index contributed by atoms with van der Waals surface area (Å²) in [5, 5.41) is 9.48. The van der Waals surface area contributed by atoms with Crippen molar-refractivity contribution in [3.05, 3.63) is 40.7 Å². The molecule has 0 saturated heterocycles. The predicted octanol–water partition coefficient (Wildman–Crippen LogP) is 3.64. The highest BCUT2D eigenvalue weighted by atomic mass is 16.5. The summed E-state index contributed by atoms with van der Waals surface area (Å²) in [6, 6.07) is 4.24. The molecule has 0 aliphatic heterocycles. The van der Waals surface area contributed by atoms with Gasteiger partial charge < -0.3 is 14.2 Å². The van der Waals surface area contributed by atoms with Crippen molar-refractivity contribution in [1.82, 2.24) is 9.47 Å². The number of ether oxygens (including phenoxy) is 1. The van der Waals surface area contributed by atoms with Gasteiger partial charge in [-0.3, -0.25) is 4.79 Å². The third-order valence-corrected chi connectivity index (χ3v) is 4.15. The van der Waals surface area contributed by atoms with Crippen molar-refractivity contribution < 1.29 is 9.53 Å². The normalized spacial score (nSPS) is 12.6. The number of nitrogens with zero attached hydrogens (tertiary/aromatic N) is 3. The molecule has 0 aliphatic rings. The molecule has 0 N–H and O–H groups in total. The molecule has 0 unspecified atom stereocenters. The van der Waals surface area contributed by atoms with Crippen LogP contribution in [0.5, 0.6) is 0 Å². The highest BCUT2D eigenvalue weighted by Crippen LogP contribution is 2.23. The molecule has 0 bridgehead atoms. The first-order valence-electron chi connectivity index (χ1n) is 8.49. The van der Waals surface area contributed by atoms with E-state index >= 15 is 0 Å². The zero-order valence-electron chi connectivity index (χ0n) is 16.2. The van der Waals surface area contributed by atoms with E-state index in [9.17, 15) is 10.1 Å². The van der Waals surface area contributed by atoms with Crippen molar-refractivity contribution in [3.8, 4) is 6.07 Å². The van der Waals surface area contributed by atoms with Crippen molar-refractivity contribution in [2.45, 2.75) is 40.7 Å². The van der Waals surface area contributed by atoms with Crippen LogP contribution >= 0.6 is 0 Å². The summed E-state index contributed by atoms with van der Waals surface area (Å²) in [5.74, 6) is -0.261. The minimum absolute atomic E-state index is 0.141. The Morgan fingerprint density at radius 1 is 1.52 bits per heavy atom. The number of aryl methyl sites for hydroxylation is 1. The molecule has 1 atom stereocenters. The lowest BCUT2D eigenvalue weighted by Crippen LogP contribution is -2.33. The van der Waals surface area contributed by atoms with Crippen LogP contribution in [0.3, 0.4) is 0 Å². The Kier molecular flexibility index (Phi) is 7.66. The summed E-state index contributed by atoms with van der Waals surface area (Å²) in [6.45, 7) is 15.3. The lowest BCUT2D eigenvalue weighted by atomic mass is 10.1. The van der Waals surface area contributed by atoms with Gasteiger partial charge in [0.15, 0.2) is 0 Å². The molecule has 1 amide bonds. The first-order valence-corrected chi connectivity index (χ1v) is 8.49. The zero-order valence-corrected chi connectivity index (χ0v) is 16.2. The minimum Gasteiger partial charge on any atom is -0.383 e. The average molecular weight is 343 g/mol. The van der Waals surface area contributed by atoms with Gasteiger partial charge in [0, 0.05) is 31.6 Å². The van der Waals surface area contributed by atoms with Crippen LogP contribution in [0.2, 0.25) is 0 Å². The number of rotatable bonds is 8. The number of carbonyl (C=O) groups is 1. The largest absolute Gasteiger partial charge is 0.383 e. The maximum absolute atomic E-state index is 12.7. The second-order valence-corrected chi connectivity index (χ2v) is 6.45. The van der Waals surface area contributed by atoms with Crippen LogP contribution in [0.1, 0.15) is 43.8 Å². The molecule has 25 heavy (non-hydrogen) atoms. The van der Waals surface area contributed by atoms with Gasteiger partial charge in [-0.15, -0.1) is 0 Å². The van der Waals surface area contributed by atoms with E-state index in [2.05, 4.69) is 24.1 Å². The third kappa shape index (κ3) is 5.07. The summed E-state index contributed by atoms with van der Waals surface area (Å²) in [4.78, 5) is 14.3. The Bertz CT molecular complexity index is 707. The van der Waals surface area contributed by atoms with Gasteiger partial charge >= 0.3 is 0 Å². The molecule has 1 rings (SSSR count). The van der Waals surface area contributed by atoms with Gasteiger partial charge in [-0.25, -0.2) is 0 Å². The average Bonchev–Trinajstić information content (AvgIpc) is 2.83. The standard InChI is InChI=1S/C20H29N3O2/c1-8-22(12-14(2)3)20(24)19(11-21)10-18-9-15(4)23(17(18)6)16(5)13-25-7/h9-10,16H,2,8,12-13H2,1,3-7H3/b19-10-/t16-/m0/s1. The second kappa shape index (κ2) is 9.24. The number of nitriles is 1. The minimum atomic E-state index is -0.261. The molecule has 0 saturated carbocycles. The quantitative estimate of drug-likeness (QED) is 0.411. The fourth-order valence-electron chi connectivity index (χ4n) is 3.06. The SMILES string of the molecule is C=C(C)CN(CC)C(=O)/C(C#N)=C\c1cc(C)n([C@@H](C)COC)c1C. The van der Waals surface area contributed by atoms with E-state index < -0.39 is 0 Å². The van der Waals surface area contributed by atoms with Gasteiger partial charge in [-0.1, -0.05) is 12.2 Å². The van der Waals surface area contributed by atoms with Gasteiger partial charge in [0.2, 0.25) is 0 Å². The first-order chi connectivity index (χ1) is 11.8. The molecule has 5 heteroatoms. The molecule has 5 nitrogen and oxygen atoms in total. The molecular formula is C20H29N3O2. The number of carbonyl (C=O) groups excluding carboxylic acids is 1. The molecule has 0 fully saturated rings. The summed E-state index contributed by atoms with van der Waals surface area (Å²) in [7, 11) is 1.68. The fourth-order valence-corrected chi connectivity index (χ4v) is 3.06. The predicted molar refractivity (Wildman–Crippen MR) is 101 cm³/mol. The van der Waals surface area contributed by atoms with E-state index in [1.807, 2.05) is 33.8 Å². The monoisotopic (exact) mass is 343 g/mol. The fraction of sp³-hybridized carbons (Fsp3) is 0.500. The number of hydrogen-bond donors (Lipinski definition) is 0. The highest BCUT2D eigenvalue weighted by molar-refractivity contribution is 6.01. The molecule has 1 aromatic rings. The van der Waals surface area contributed by atoms with E-state index in [0.717, 1.165) is 22.5 Å². The van der Waals surface area contributed by atoms with Crippen LogP contribution in [-0.4, -0.2) is 42.2 Å². The molecular weight excluding hydrogens is 314 g/mol. The molecule has 136 valence electrons. The Balaban J connectivity index is 3.23. The number of methoxy groups -OCH3 is 1. The van der Waals surface area contributed by atoms with E-state index in [1.165, 1.54) is 0 Å². The van der Waals surface area contributed by atoms with Gasteiger partial charge in [0.25, 0.3) is 5.91 Å². The maximum atomic E-state index is 12.7. The molecule has 0 spiro atoms. The van der Waals surface area contributed by atoms with Crippen LogP contribution < -0.4 is 0 Å². The van der Waals surface area contributed by atoms with Gasteiger partial charge in [-0.05, 0) is 52.3 Å². The Morgan fingerprint density at radius 3 is 2.64 bits per heavy atom. The van der Waals surface area contributed by atoms with Crippen molar-refractivity contribution in [1.29, 1.82) is 5.26 Å². The van der Waals surface area contributed by atoms with Gasteiger partial charge in [-0.2, -0.15) is 5.26 Å². The van der Waals surface area contributed by atoms with Gasteiger partial charge in [0.05, 0.1) is 12.6 Å². The Hall–Kier alpha value is -2.32. The number of likely N-dealkylation sites (N-methyl/N-ethyl adjacent to an activating group) is 1. The number of aromatic nitrogens is 1. The van der Waals surface area contributed by atoms with Crippen LogP contribution in [0.4, 0.5) is 0 Å². The second-order valence-electron chi connectivity index (χ2n) is 6.45. The smallest absolute Gasteiger partial charge is 0.264 e.